The summed E-state index contributed by atoms with van der Waals surface area (Å²) in [5.74, 6) is 0.879. The Bertz CT molecular complexity index is 846. The number of amides is 1. The molecule has 1 heterocycles. The molecule has 0 aliphatic carbocycles. The molecule has 0 spiro atoms. The Morgan fingerprint density at radius 2 is 2.04 bits per heavy atom. The lowest BCUT2D eigenvalue weighted by Crippen LogP contribution is -2.25. The zero-order chi connectivity index (χ0) is 16.4. The number of ether oxygens (including phenoxy) is 1. The highest BCUT2D eigenvalue weighted by Gasteiger charge is 2.23. The van der Waals surface area contributed by atoms with E-state index in [1.165, 1.54) is 0 Å². The van der Waals surface area contributed by atoms with Crippen molar-refractivity contribution in [1.82, 2.24) is 5.32 Å². The summed E-state index contributed by atoms with van der Waals surface area (Å²) in [6, 6.07) is 13.0. The number of hydrogen-bond acceptors (Lipinski definition) is 3. The van der Waals surface area contributed by atoms with E-state index in [0.29, 0.717) is 27.9 Å². The van der Waals surface area contributed by atoms with Gasteiger partial charge in [-0.3, -0.25) is 4.79 Å². The van der Waals surface area contributed by atoms with Crippen molar-refractivity contribution in [3.8, 4) is 5.75 Å². The molecule has 0 radical (unpaired) electrons. The van der Waals surface area contributed by atoms with E-state index in [1.807, 2.05) is 36.4 Å². The zero-order valence-corrected chi connectivity index (χ0v) is 15.1. The van der Waals surface area contributed by atoms with Crippen LogP contribution >= 0.6 is 34.2 Å². The monoisotopic (exact) mass is 438 g/mol. The highest BCUT2D eigenvalue weighted by Crippen LogP contribution is 2.25. The van der Waals surface area contributed by atoms with E-state index in [1.54, 1.807) is 19.3 Å². The number of halogens is 2. The molecule has 2 aromatic rings. The van der Waals surface area contributed by atoms with E-state index in [4.69, 9.17) is 16.3 Å². The van der Waals surface area contributed by atoms with Crippen LogP contribution in [-0.2, 0) is 4.79 Å². The third kappa shape index (κ3) is 3.40. The van der Waals surface area contributed by atoms with Gasteiger partial charge in [0.15, 0.2) is 0 Å². The molecule has 0 unspecified atom stereocenters. The van der Waals surface area contributed by atoms with Gasteiger partial charge in [0.2, 0.25) is 0 Å². The molecule has 2 aromatic carbocycles. The Morgan fingerprint density at radius 3 is 2.83 bits per heavy atom. The van der Waals surface area contributed by atoms with Crippen molar-refractivity contribution in [2.24, 2.45) is 4.99 Å². The molecule has 3 rings (SSSR count). The maximum Gasteiger partial charge on any atom is 0.275 e. The van der Waals surface area contributed by atoms with Gasteiger partial charge >= 0.3 is 0 Å². The van der Waals surface area contributed by atoms with Crippen LogP contribution in [0, 0.1) is 3.57 Å². The summed E-state index contributed by atoms with van der Waals surface area (Å²) in [5, 5.41) is 3.30. The van der Waals surface area contributed by atoms with Crippen LogP contribution in [0.25, 0.3) is 6.08 Å². The van der Waals surface area contributed by atoms with Crippen LogP contribution in [0.5, 0.6) is 5.75 Å². The molecular weight excluding hydrogens is 427 g/mol. The maximum absolute atomic E-state index is 12.2. The Balaban J connectivity index is 2.01. The average Bonchev–Trinajstić information content (AvgIpc) is 2.91. The summed E-state index contributed by atoms with van der Waals surface area (Å²) in [5.41, 5.74) is 1.81. The minimum atomic E-state index is -0.263. The van der Waals surface area contributed by atoms with Gasteiger partial charge in [0.1, 0.15) is 17.3 Å². The normalized spacial score (nSPS) is 15.5. The Morgan fingerprint density at radius 1 is 1.26 bits per heavy atom. The fourth-order valence-electron chi connectivity index (χ4n) is 2.21. The minimum absolute atomic E-state index is 0.263. The third-order valence-electron chi connectivity index (χ3n) is 3.31. The van der Waals surface area contributed by atoms with E-state index >= 15 is 0 Å². The van der Waals surface area contributed by atoms with Crippen LogP contribution < -0.4 is 10.1 Å². The van der Waals surface area contributed by atoms with Crippen LogP contribution in [0.15, 0.2) is 53.2 Å². The zero-order valence-electron chi connectivity index (χ0n) is 12.1. The summed E-state index contributed by atoms with van der Waals surface area (Å²) in [6.45, 7) is 0. The lowest BCUT2D eigenvalue weighted by Gasteiger charge is -2.03. The molecule has 0 saturated heterocycles. The van der Waals surface area contributed by atoms with Crippen molar-refractivity contribution in [3.63, 3.8) is 0 Å². The van der Waals surface area contributed by atoms with Crippen molar-refractivity contribution >= 4 is 52.0 Å². The number of carbonyl (C=O) groups excluding carboxylic acids is 1. The fourth-order valence-corrected chi connectivity index (χ4v) is 2.91. The number of hydrogen-bond donors (Lipinski definition) is 1. The first-order chi connectivity index (χ1) is 11.1. The molecule has 0 atom stereocenters. The van der Waals surface area contributed by atoms with Gasteiger partial charge in [0, 0.05) is 14.7 Å². The molecule has 1 aliphatic rings. The third-order valence-corrected chi connectivity index (χ3v) is 4.31. The second kappa shape index (κ2) is 6.72. The lowest BCUT2D eigenvalue weighted by atomic mass is 10.1. The average molecular weight is 439 g/mol. The van der Waals surface area contributed by atoms with Gasteiger partial charge in [-0.25, -0.2) is 4.99 Å². The highest BCUT2D eigenvalue weighted by molar-refractivity contribution is 14.1. The first-order valence-electron chi connectivity index (χ1n) is 6.78. The van der Waals surface area contributed by atoms with Crippen molar-refractivity contribution in [1.29, 1.82) is 0 Å². The van der Waals surface area contributed by atoms with E-state index in [2.05, 4.69) is 32.9 Å². The Hall–Kier alpha value is -1.86. The number of aliphatic imine (C=N–C) groups is 1. The van der Waals surface area contributed by atoms with E-state index in [-0.39, 0.29) is 5.91 Å². The molecule has 6 heteroatoms. The molecule has 1 N–H and O–H groups in total. The summed E-state index contributed by atoms with van der Waals surface area (Å²) in [4.78, 5) is 16.6. The molecule has 0 aromatic heterocycles. The van der Waals surface area contributed by atoms with Gasteiger partial charge in [-0.05, 0) is 52.9 Å². The largest absolute Gasteiger partial charge is 0.496 e. The van der Waals surface area contributed by atoms with Crippen LogP contribution in [0.1, 0.15) is 11.1 Å². The summed E-state index contributed by atoms with van der Waals surface area (Å²) in [6.07, 6.45) is 1.70. The van der Waals surface area contributed by atoms with Crippen LogP contribution in [-0.4, -0.2) is 18.9 Å². The van der Waals surface area contributed by atoms with Gasteiger partial charge in [0.25, 0.3) is 5.91 Å². The van der Waals surface area contributed by atoms with Gasteiger partial charge in [0.05, 0.1) is 12.1 Å². The highest BCUT2D eigenvalue weighted by atomic mass is 127. The molecule has 1 aliphatic heterocycles. The number of carbonyl (C=O) groups is 1. The van der Waals surface area contributed by atoms with Gasteiger partial charge in [-0.1, -0.05) is 29.8 Å². The van der Waals surface area contributed by atoms with Gasteiger partial charge < -0.3 is 10.1 Å². The molecule has 116 valence electrons. The van der Waals surface area contributed by atoms with E-state index < -0.39 is 0 Å². The number of amidine groups is 1. The number of para-hydroxylation sites is 1. The van der Waals surface area contributed by atoms with Crippen molar-refractivity contribution in [3.05, 3.63) is 67.9 Å². The second-order valence-corrected chi connectivity index (χ2v) is 6.46. The summed E-state index contributed by atoms with van der Waals surface area (Å²) < 4.78 is 6.31. The maximum atomic E-state index is 12.2. The van der Waals surface area contributed by atoms with Crippen LogP contribution in [0.3, 0.4) is 0 Å². The molecule has 0 bridgehead atoms. The summed E-state index contributed by atoms with van der Waals surface area (Å²) >= 11 is 8.39. The van der Waals surface area contributed by atoms with Gasteiger partial charge in [-0.15, -0.1) is 0 Å². The molecule has 0 saturated carbocycles. The predicted octanol–water partition coefficient (Wildman–Crippen LogP) is 3.87. The molecule has 23 heavy (non-hydrogen) atoms. The SMILES string of the molecule is COc1ccccc1/C=C1/N=C(c2cc(I)ccc2Cl)NC1=O. The second-order valence-electron chi connectivity index (χ2n) is 4.81. The van der Waals surface area contributed by atoms with Crippen molar-refractivity contribution in [2.75, 3.05) is 7.11 Å². The molecule has 0 fully saturated rings. The van der Waals surface area contributed by atoms with E-state index in [9.17, 15) is 4.79 Å². The van der Waals surface area contributed by atoms with Crippen LogP contribution in [0.4, 0.5) is 0 Å². The predicted molar refractivity (Wildman–Crippen MR) is 99.8 cm³/mol. The topological polar surface area (TPSA) is 50.7 Å². The Kier molecular flexibility index (Phi) is 4.68. The number of methoxy groups -OCH3 is 1. The molecular formula is C17H12ClIN2O2. The number of rotatable bonds is 3. The smallest absolute Gasteiger partial charge is 0.275 e. The standard InChI is InChI=1S/C17H12ClIN2O2/c1-23-15-5-3-2-4-10(15)8-14-17(22)21-16(20-14)12-9-11(19)6-7-13(12)18/h2-9H,1H3,(H,20,21,22)/b14-8+. The molecule has 1 amide bonds. The van der Waals surface area contributed by atoms with Crippen molar-refractivity contribution < 1.29 is 9.53 Å². The summed E-state index contributed by atoms with van der Waals surface area (Å²) in [7, 11) is 1.59. The van der Waals surface area contributed by atoms with Gasteiger partial charge in [-0.2, -0.15) is 0 Å². The first kappa shape index (κ1) is 16.0. The fraction of sp³-hybridized carbons (Fsp3) is 0.0588. The Labute approximate surface area is 152 Å². The lowest BCUT2D eigenvalue weighted by molar-refractivity contribution is -0.115. The van der Waals surface area contributed by atoms with E-state index in [0.717, 1.165) is 9.13 Å². The first-order valence-corrected chi connectivity index (χ1v) is 8.24. The van der Waals surface area contributed by atoms with Crippen LogP contribution in [0.2, 0.25) is 5.02 Å². The van der Waals surface area contributed by atoms with Crippen molar-refractivity contribution in [2.45, 2.75) is 0 Å². The number of nitrogens with zero attached hydrogens (tertiary/aromatic N) is 1. The minimum Gasteiger partial charge on any atom is -0.496 e. The quantitative estimate of drug-likeness (QED) is 0.584. The number of nitrogens with one attached hydrogen (secondary N) is 1. The number of benzene rings is 2. The molecule has 4 nitrogen and oxygen atoms in total.